The molecule has 0 aromatic heterocycles. The van der Waals surface area contributed by atoms with Crippen LogP contribution in [-0.4, -0.2) is 12.6 Å². The van der Waals surface area contributed by atoms with Crippen LogP contribution >= 0.6 is 0 Å². The van der Waals surface area contributed by atoms with E-state index in [2.05, 4.69) is 4.74 Å². The zero-order valence-corrected chi connectivity index (χ0v) is 7.76. The van der Waals surface area contributed by atoms with Gasteiger partial charge in [-0.25, -0.2) is 4.79 Å². The number of hydrogen-bond donors (Lipinski definition) is 0. The van der Waals surface area contributed by atoms with Crippen LogP contribution in [0.4, 0.5) is 4.39 Å². The number of ether oxygens (including phenoxy) is 1. The van der Waals surface area contributed by atoms with Crippen LogP contribution in [-0.2, 0) is 9.53 Å². The summed E-state index contributed by atoms with van der Waals surface area (Å²) < 4.78 is 17.3. The number of carbonyl (C=O) groups excluding carboxylic acids is 1. The van der Waals surface area contributed by atoms with E-state index in [1.54, 1.807) is 6.92 Å². The molecule has 3 heteroatoms. The summed E-state index contributed by atoms with van der Waals surface area (Å²) in [5.41, 5.74) is 0. The van der Waals surface area contributed by atoms with Gasteiger partial charge in [0.1, 0.15) is 0 Å². The summed E-state index contributed by atoms with van der Waals surface area (Å²) in [6, 6.07) is 0. The monoisotopic (exact) mass is 174 g/mol. The predicted octanol–water partition coefficient (Wildman–Crippen LogP) is 2.45. The van der Waals surface area contributed by atoms with Crippen molar-refractivity contribution >= 4 is 5.97 Å². The minimum Gasteiger partial charge on any atom is -0.461 e. The van der Waals surface area contributed by atoms with Gasteiger partial charge in [-0.15, -0.1) is 0 Å². The normalized spacial score (nSPS) is 14.2. The van der Waals surface area contributed by atoms with Gasteiger partial charge in [0.2, 0.25) is 5.83 Å². The fourth-order valence-corrected chi connectivity index (χ4v) is 0.636. The molecule has 0 saturated heterocycles. The summed E-state index contributed by atoms with van der Waals surface area (Å²) >= 11 is 0. The van der Waals surface area contributed by atoms with E-state index >= 15 is 0 Å². The second-order valence-corrected chi connectivity index (χ2v) is 2.62. The number of carbonyl (C=O) groups is 1. The molecule has 0 aliphatic heterocycles. The minimum atomic E-state index is -0.863. The molecule has 1 atom stereocenters. The topological polar surface area (TPSA) is 26.3 Å². The van der Waals surface area contributed by atoms with Crippen LogP contribution in [0.25, 0.3) is 0 Å². The van der Waals surface area contributed by atoms with E-state index < -0.39 is 11.8 Å². The molecule has 70 valence electrons. The lowest BCUT2D eigenvalue weighted by atomic mass is 10.1. The lowest BCUT2D eigenvalue weighted by Crippen LogP contribution is -2.05. The molecular formula is C9H15FO2. The quantitative estimate of drug-likeness (QED) is 0.483. The molecule has 0 aromatic rings. The Labute approximate surface area is 72.4 Å². The highest BCUT2D eigenvalue weighted by molar-refractivity contribution is 5.85. The summed E-state index contributed by atoms with van der Waals surface area (Å²) in [7, 11) is 0. The first-order chi connectivity index (χ1) is 5.61. The summed E-state index contributed by atoms with van der Waals surface area (Å²) in [6.07, 6.45) is 2.10. The Hall–Kier alpha value is -0.860. The molecule has 2 nitrogen and oxygen atoms in total. The maximum Gasteiger partial charge on any atom is 0.366 e. The first-order valence-electron chi connectivity index (χ1n) is 4.16. The molecule has 0 heterocycles. The molecule has 12 heavy (non-hydrogen) atoms. The van der Waals surface area contributed by atoms with Gasteiger partial charge in [0.25, 0.3) is 0 Å². The SMILES string of the molecule is CCOC(=O)/C(F)=C/[C@@H](C)CC. The zero-order valence-electron chi connectivity index (χ0n) is 7.76. The first-order valence-corrected chi connectivity index (χ1v) is 4.16. The van der Waals surface area contributed by atoms with Crippen molar-refractivity contribution in [2.45, 2.75) is 27.2 Å². The van der Waals surface area contributed by atoms with Crippen LogP contribution in [0.15, 0.2) is 11.9 Å². The van der Waals surface area contributed by atoms with Crippen molar-refractivity contribution in [2.75, 3.05) is 6.61 Å². The number of hydrogen-bond acceptors (Lipinski definition) is 2. The van der Waals surface area contributed by atoms with E-state index in [4.69, 9.17) is 0 Å². The number of rotatable bonds is 4. The van der Waals surface area contributed by atoms with Crippen molar-refractivity contribution in [3.8, 4) is 0 Å². The third-order valence-corrected chi connectivity index (χ3v) is 1.55. The Morgan fingerprint density at radius 1 is 1.58 bits per heavy atom. The van der Waals surface area contributed by atoms with Crippen LogP contribution in [0, 0.1) is 5.92 Å². The third kappa shape index (κ3) is 4.11. The highest BCUT2D eigenvalue weighted by atomic mass is 19.1. The maximum absolute atomic E-state index is 12.8. The molecule has 0 spiro atoms. The van der Waals surface area contributed by atoms with E-state index in [0.29, 0.717) is 0 Å². The van der Waals surface area contributed by atoms with Gasteiger partial charge >= 0.3 is 5.97 Å². The van der Waals surface area contributed by atoms with Gasteiger partial charge in [-0.3, -0.25) is 0 Å². The Bertz CT molecular complexity index is 175. The van der Waals surface area contributed by atoms with Crippen molar-refractivity contribution < 1.29 is 13.9 Å². The first kappa shape index (κ1) is 11.1. The molecule has 0 bridgehead atoms. The summed E-state index contributed by atoms with van der Waals surface area (Å²) in [4.78, 5) is 10.7. The molecule has 0 saturated carbocycles. The van der Waals surface area contributed by atoms with Gasteiger partial charge < -0.3 is 4.74 Å². The van der Waals surface area contributed by atoms with Gasteiger partial charge in [-0.1, -0.05) is 13.8 Å². The molecular weight excluding hydrogens is 159 g/mol. The van der Waals surface area contributed by atoms with Crippen LogP contribution < -0.4 is 0 Å². The highest BCUT2D eigenvalue weighted by Crippen LogP contribution is 2.09. The summed E-state index contributed by atoms with van der Waals surface area (Å²) in [5.74, 6) is -1.57. The molecule has 0 N–H and O–H groups in total. The van der Waals surface area contributed by atoms with Gasteiger partial charge in [-0.2, -0.15) is 4.39 Å². The summed E-state index contributed by atoms with van der Waals surface area (Å²) in [6.45, 7) is 5.63. The second-order valence-electron chi connectivity index (χ2n) is 2.62. The van der Waals surface area contributed by atoms with Gasteiger partial charge in [0.15, 0.2) is 0 Å². The van der Waals surface area contributed by atoms with Crippen LogP contribution in [0.5, 0.6) is 0 Å². The number of allylic oxidation sites excluding steroid dienone is 1. The van der Waals surface area contributed by atoms with E-state index in [1.165, 1.54) is 6.08 Å². The standard InChI is InChI=1S/C9H15FO2/c1-4-7(3)6-8(10)9(11)12-5-2/h6-7H,4-5H2,1-3H3/b8-6-/t7-/m0/s1. The lowest BCUT2D eigenvalue weighted by molar-refractivity contribution is -0.140. The minimum absolute atomic E-state index is 0.0782. The van der Waals surface area contributed by atoms with E-state index in [-0.39, 0.29) is 12.5 Å². The summed E-state index contributed by atoms with van der Waals surface area (Å²) in [5, 5.41) is 0. The van der Waals surface area contributed by atoms with Crippen molar-refractivity contribution in [3.63, 3.8) is 0 Å². The Morgan fingerprint density at radius 2 is 2.17 bits per heavy atom. The third-order valence-electron chi connectivity index (χ3n) is 1.55. The van der Waals surface area contributed by atoms with Gasteiger partial charge in [0, 0.05) is 0 Å². The predicted molar refractivity (Wildman–Crippen MR) is 45.3 cm³/mol. The second kappa shape index (κ2) is 5.75. The molecule has 0 aromatic carbocycles. The van der Waals surface area contributed by atoms with E-state index in [9.17, 15) is 9.18 Å². The Balaban J connectivity index is 4.07. The van der Waals surface area contributed by atoms with Crippen molar-refractivity contribution in [3.05, 3.63) is 11.9 Å². The fourth-order valence-electron chi connectivity index (χ4n) is 0.636. The van der Waals surface area contributed by atoms with E-state index in [0.717, 1.165) is 6.42 Å². The van der Waals surface area contributed by atoms with Crippen LogP contribution in [0.2, 0.25) is 0 Å². The van der Waals surface area contributed by atoms with Crippen molar-refractivity contribution in [2.24, 2.45) is 5.92 Å². The fraction of sp³-hybridized carbons (Fsp3) is 0.667. The van der Waals surface area contributed by atoms with Gasteiger partial charge in [-0.05, 0) is 25.3 Å². The average Bonchev–Trinajstić information content (AvgIpc) is 2.04. The molecule has 0 radical (unpaired) electrons. The Kier molecular flexibility index (Phi) is 5.34. The smallest absolute Gasteiger partial charge is 0.366 e. The largest absolute Gasteiger partial charge is 0.461 e. The average molecular weight is 174 g/mol. The Morgan fingerprint density at radius 3 is 2.58 bits per heavy atom. The molecule has 0 fully saturated rings. The van der Waals surface area contributed by atoms with Gasteiger partial charge in [0.05, 0.1) is 6.61 Å². The number of halogens is 1. The zero-order chi connectivity index (χ0) is 9.56. The molecule has 0 unspecified atom stereocenters. The van der Waals surface area contributed by atoms with E-state index in [1.807, 2.05) is 13.8 Å². The molecule has 0 rings (SSSR count). The molecule has 0 aliphatic rings. The highest BCUT2D eigenvalue weighted by Gasteiger charge is 2.09. The van der Waals surface area contributed by atoms with Crippen molar-refractivity contribution in [1.82, 2.24) is 0 Å². The van der Waals surface area contributed by atoms with Crippen molar-refractivity contribution in [1.29, 1.82) is 0 Å². The molecule has 0 amide bonds. The van der Waals surface area contributed by atoms with Crippen LogP contribution in [0.1, 0.15) is 27.2 Å². The number of esters is 1. The maximum atomic E-state index is 12.8. The van der Waals surface area contributed by atoms with Crippen LogP contribution in [0.3, 0.4) is 0 Å². The lowest BCUT2D eigenvalue weighted by Gasteiger charge is -2.02. The molecule has 0 aliphatic carbocycles.